The molecular weight excluding hydrogens is 402 g/mol. The predicted molar refractivity (Wildman–Crippen MR) is 123 cm³/mol. The Morgan fingerprint density at radius 2 is 1.56 bits per heavy atom. The van der Waals surface area contributed by atoms with Crippen molar-refractivity contribution in [1.82, 2.24) is 0 Å². The number of cyclic esters (lactones) is 1. The molecule has 0 saturated carbocycles. The van der Waals surface area contributed by atoms with Gasteiger partial charge in [0.1, 0.15) is 0 Å². The Morgan fingerprint density at radius 3 is 2.19 bits per heavy atom. The number of hydrogen-bond donors (Lipinski definition) is 0. The van der Waals surface area contributed by atoms with Crippen LogP contribution in [0, 0.1) is 0 Å². The molecule has 3 aromatic carbocycles. The molecular formula is C27H23NO4. The first-order valence-corrected chi connectivity index (χ1v) is 10.4. The van der Waals surface area contributed by atoms with Crippen molar-refractivity contribution in [3.63, 3.8) is 0 Å². The number of ether oxygens (including phenoxy) is 2. The fourth-order valence-corrected chi connectivity index (χ4v) is 3.67. The molecule has 0 unspecified atom stereocenters. The third-order valence-corrected chi connectivity index (χ3v) is 5.21. The number of rotatable bonds is 7. The third-order valence-electron chi connectivity index (χ3n) is 5.21. The lowest BCUT2D eigenvalue weighted by Crippen LogP contribution is -2.49. The Labute approximate surface area is 187 Å². The zero-order valence-corrected chi connectivity index (χ0v) is 17.7. The van der Waals surface area contributed by atoms with Crippen molar-refractivity contribution in [2.24, 2.45) is 4.99 Å². The minimum Gasteiger partial charge on any atom is -0.455 e. The van der Waals surface area contributed by atoms with Gasteiger partial charge in [-0.15, -0.1) is 0 Å². The molecule has 160 valence electrons. The number of carbonyl (C=O) groups excluding carboxylic acids is 2. The first kappa shape index (κ1) is 21.2. The number of nitrogens with zero attached hydrogens (tertiary/aromatic N) is 1. The van der Waals surface area contributed by atoms with Gasteiger partial charge in [0, 0.05) is 18.9 Å². The van der Waals surface area contributed by atoms with E-state index in [2.05, 4.69) is 0 Å². The molecule has 1 aliphatic heterocycles. The Bertz CT molecular complexity index is 1140. The molecule has 2 atom stereocenters. The highest BCUT2D eigenvalue weighted by Gasteiger charge is 2.53. The van der Waals surface area contributed by atoms with Crippen LogP contribution in [-0.2, 0) is 25.5 Å². The average molecular weight is 425 g/mol. The molecule has 0 spiro atoms. The van der Waals surface area contributed by atoms with Crippen LogP contribution in [0.2, 0.25) is 0 Å². The Hall–Kier alpha value is -3.99. The molecule has 5 nitrogen and oxygen atoms in total. The van der Waals surface area contributed by atoms with Crippen molar-refractivity contribution in [2.75, 3.05) is 0 Å². The Balaban J connectivity index is 1.81. The van der Waals surface area contributed by atoms with E-state index < -0.39 is 23.6 Å². The van der Waals surface area contributed by atoms with Gasteiger partial charge >= 0.3 is 11.9 Å². The van der Waals surface area contributed by atoms with Gasteiger partial charge in [0.25, 0.3) is 0 Å². The predicted octanol–water partition coefficient (Wildman–Crippen LogP) is 4.62. The standard InChI is InChI=1S/C27H23NO4/c1-20(29)31-24(18-17-21-11-5-2-6-12-21)27(19-22-13-7-3-8-14-22)26(30)32-25(28-27)23-15-9-4-10-16-23/h2-18,24H,19H2,1H3/b18-17+/t24-,27-/m0/s1. The zero-order valence-electron chi connectivity index (χ0n) is 17.7. The van der Waals surface area contributed by atoms with E-state index in [9.17, 15) is 9.59 Å². The van der Waals surface area contributed by atoms with Crippen LogP contribution in [0.3, 0.4) is 0 Å². The van der Waals surface area contributed by atoms with Crippen LogP contribution in [0.4, 0.5) is 0 Å². The molecule has 3 aromatic rings. The highest BCUT2D eigenvalue weighted by atomic mass is 16.6. The average Bonchev–Trinajstić information content (AvgIpc) is 3.15. The van der Waals surface area contributed by atoms with Crippen molar-refractivity contribution >= 4 is 23.9 Å². The molecule has 0 bridgehead atoms. The summed E-state index contributed by atoms with van der Waals surface area (Å²) in [6, 6.07) is 28.3. The van der Waals surface area contributed by atoms with E-state index in [1.807, 2.05) is 97.1 Å². The monoisotopic (exact) mass is 425 g/mol. The number of aliphatic imine (C=N–C) groups is 1. The van der Waals surface area contributed by atoms with Gasteiger partial charge in [-0.05, 0) is 29.3 Å². The van der Waals surface area contributed by atoms with Crippen molar-refractivity contribution in [3.8, 4) is 0 Å². The topological polar surface area (TPSA) is 65.0 Å². The number of carbonyl (C=O) groups is 2. The Morgan fingerprint density at radius 1 is 0.969 bits per heavy atom. The first-order chi connectivity index (χ1) is 15.6. The smallest absolute Gasteiger partial charge is 0.345 e. The molecule has 5 heteroatoms. The Kier molecular flexibility index (Phi) is 6.26. The number of benzene rings is 3. The van der Waals surface area contributed by atoms with Gasteiger partial charge in [0.05, 0.1) is 0 Å². The maximum absolute atomic E-state index is 13.4. The molecule has 0 amide bonds. The van der Waals surface area contributed by atoms with Gasteiger partial charge in [0.15, 0.2) is 6.10 Å². The summed E-state index contributed by atoms with van der Waals surface area (Å²) in [5, 5.41) is 0. The van der Waals surface area contributed by atoms with Crippen molar-refractivity contribution < 1.29 is 19.1 Å². The molecule has 1 heterocycles. The lowest BCUT2D eigenvalue weighted by molar-refractivity contribution is -0.153. The van der Waals surface area contributed by atoms with Gasteiger partial charge < -0.3 is 9.47 Å². The quantitative estimate of drug-likeness (QED) is 0.518. The summed E-state index contributed by atoms with van der Waals surface area (Å²) in [4.78, 5) is 30.1. The molecule has 0 saturated heterocycles. The van der Waals surface area contributed by atoms with Gasteiger partial charge in [-0.25, -0.2) is 9.79 Å². The summed E-state index contributed by atoms with van der Waals surface area (Å²) >= 11 is 0. The van der Waals surface area contributed by atoms with Crippen molar-refractivity contribution in [1.29, 1.82) is 0 Å². The fraction of sp³-hybridized carbons (Fsp3) is 0.148. The summed E-state index contributed by atoms with van der Waals surface area (Å²) in [5.41, 5.74) is 1.04. The van der Waals surface area contributed by atoms with Crippen LogP contribution in [0.15, 0.2) is 102 Å². The molecule has 0 aliphatic carbocycles. The van der Waals surface area contributed by atoms with Crippen LogP contribution in [0.1, 0.15) is 23.6 Å². The second kappa shape index (κ2) is 9.43. The zero-order chi connectivity index (χ0) is 22.4. The van der Waals surface area contributed by atoms with E-state index in [1.54, 1.807) is 6.08 Å². The second-order valence-corrected chi connectivity index (χ2v) is 7.56. The summed E-state index contributed by atoms with van der Waals surface area (Å²) in [5.74, 6) is -0.836. The second-order valence-electron chi connectivity index (χ2n) is 7.56. The normalized spacial score (nSPS) is 18.8. The third kappa shape index (κ3) is 4.67. The lowest BCUT2D eigenvalue weighted by Gasteiger charge is -2.29. The van der Waals surface area contributed by atoms with Gasteiger partial charge in [-0.2, -0.15) is 0 Å². The minimum absolute atomic E-state index is 0.219. The van der Waals surface area contributed by atoms with Crippen molar-refractivity contribution in [2.45, 2.75) is 25.0 Å². The van der Waals surface area contributed by atoms with E-state index >= 15 is 0 Å². The van der Waals surface area contributed by atoms with E-state index in [-0.39, 0.29) is 12.3 Å². The van der Waals surface area contributed by atoms with Crippen LogP contribution >= 0.6 is 0 Å². The van der Waals surface area contributed by atoms with Crippen LogP contribution < -0.4 is 0 Å². The van der Waals surface area contributed by atoms with E-state index in [1.165, 1.54) is 6.92 Å². The number of hydrogen-bond acceptors (Lipinski definition) is 5. The molecule has 0 aromatic heterocycles. The highest BCUT2D eigenvalue weighted by Crippen LogP contribution is 2.34. The minimum atomic E-state index is -1.44. The van der Waals surface area contributed by atoms with Gasteiger partial charge in [0.2, 0.25) is 11.4 Å². The molecule has 0 fully saturated rings. The fourth-order valence-electron chi connectivity index (χ4n) is 3.67. The highest BCUT2D eigenvalue weighted by molar-refractivity contribution is 6.08. The lowest BCUT2D eigenvalue weighted by atomic mass is 9.85. The molecule has 1 aliphatic rings. The molecule has 0 radical (unpaired) electrons. The van der Waals surface area contributed by atoms with Gasteiger partial charge in [-0.1, -0.05) is 84.9 Å². The maximum Gasteiger partial charge on any atom is 0.345 e. The maximum atomic E-state index is 13.4. The summed E-state index contributed by atoms with van der Waals surface area (Å²) < 4.78 is 11.3. The first-order valence-electron chi connectivity index (χ1n) is 10.4. The SMILES string of the molecule is CC(=O)O[C@@H](/C=C/c1ccccc1)[C@]1(Cc2ccccc2)N=C(c2ccccc2)OC1=O. The molecule has 32 heavy (non-hydrogen) atoms. The van der Waals surface area contributed by atoms with Gasteiger partial charge in [-0.3, -0.25) is 4.79 Å². The molecule has 4 rings (SSSR count). The summed E-state index contributed by atoms with van der Waals surface area (Å²) in [7, 11) is 0. The van der Waals surface area contributed by atoms with E-state index in [0.717, 1.165) is 11.1 Å². The largest absolute Gasteiger partial charge is 0.455 e. The summed E-state index contributed by atoms with van der Waals surface area (Å²) in [6.07, 6.45) is 2.80. The number of esters is 2. The van der Waals surface area contributed by atoms with Crippen LogP contribution in [-0.4, -0.2) is 29.5 Å². The summed E-state index contributed by atoms with van der Waals surface area (Å²) in [6.45, 7) is 1.32. The van der Waals surface area contributed by atoms with E-state index in [0.29, 0.717) is 5.56 Å². The molecule has 0 N–H and O–H groups in total. The van der Waals surface area contributed by atoms with E-state index in [4.69, 9.17) is 14.5 Å². The van der Waals surface area contributed by atoms with Crippen LogP contribution in [0.5, 0.6) is 0 Å². The van der Waals surface area contributed by atoms with Crippen LogP contribution in [0.25, 0.3) is 6.08 Å². The van der Waals surface area contributed by atoms with Crippen molar-refractivity contribution in [3.05, 3.63) is 114 Å².